The van der Waals surface area contributed by atoms with Gasteiger partial charge in [-0.2, -0.15) is 0 Å². The van der Waals surface area contributed by atoms with Gasteiger partial charge in [0.15, 0.2) is 0 Å². The second kappa shape index (κ2) is 6.43. The minimum atomic E-state index is -3.71. The van der Waals surface area contributed by atoms with Gasteiger partial charge < -0.3 is 5.11 Å². The molecule has 114 valence electrons. The molecular weight excluding hydrogens is 298 g/mol. The minimum absolute atomic E-state index is 0.0666. The summed E-state index contributed by atoms with van der Waals surface area (Å²) in [6.07, 6.45) is 0.353. The van der Waals surface area contributed by atoms with Gasteiger partial charge in [0.05, 0.1) is 5.02 Å². The van der Waals surface area contributed by atoms with Crippen LogP contribution >= 0.6 is 11.6 Å². The summed E-state index contributed by atoms with van der Waals surface area (Å²) in [6.45, 7) is 7.54. The van der Waals surface area contributed by atoms with Crippen molar-refractivity contribution >= 4 is 21.6 Å². The van der Waals surface area contributed by atoms with E-state index in [1.165, 1.54) is 6.07 Å². The number of benzene rings is 1. The number of sulfonamides is 1. The predicted molar refractivity (Wildman–Crippen MR) is 81.5 cm³/mol. The van der Waals surface area contributed by atoms with Crippen molar-refractivity contribution in [3.05, 3.63) is 28.8 Å². The highest BCUT2D eigenvalue weighted by atomic mass is 35.5. The Morgan fingerprint density at radius 2 is 1.95 bits per heavy atom. The fraction of sp³-hybridized carbons (Fsp3) is 0.571. The summed E-state index contributed by atoms with van der Waals surface area (Å²) in [5.74, 6) is 0. The third-order valence-corrected chi connectivity index (χ3v) is 5.09. The summed E-state index contributed by atoms with van der Waals surface area (Å²) >= 11 is 6.02. The zero-order valence-corrected chi connectivity index (χ0v) is 13.8. The normalized spacial score (nSPS) is 14.3. The summed E-state index contributed by atoms with van der Waals surface area (Å²) < 4.78 is 27.5. The minimum Gasteiger partial charge on any atom is -0.396 e. The number of aliphatic hydroxyl groups is 1. The average Bonchev–Trinajstić information content (AvgIpc) is 2.26. The van der Waals surface area contributed by atoms with Crippen LogP contribution < -0.4 is 4.72 Å². The van der Waals surface area contributed by atoms with Crippen molar-refractivity contribution in [3.8, 4) is 0 Å². The number of aliphatic hydroxyl groups excluding tert-OH is 1. The molecule has 1 aromatic carbocycles. The molecule has 1 rings (SSSR count). The zero-order valence-electron chi connectivity index (χ0n) is 12.3. The molecule has 6 heteroatoms. The predicted octanol–water partition coefficient (Wildman–Crippen LogP) is 2.72. The molecule has 0 aliphatic heterocycles. The third-order valence-electron chi connectivity index (χ3n) is 3.14. The van der Waals surface area contributed by atoms with Crippen LogP contribution in [0.15, 0.2) is 23.1 Å². The Bertz CT molecular complexity index is 564. The van der Waals surface area contributed by atoms with E-state index in [1.807, 2.05) is 27.7 Å². The quantitative estimate of drug-likeness (QED) is 0.877. The van der Waals surface area contributed by atoms with Crippen molar-refractivity contribution in [3.63, 3.8) is 0 Å². The first-order valence-corrected chi connectivity index (χ1v) is 8.33. The Morgan fingerprint density at radius 1 is 1.35 bits per heavy atom. The highest BCUT2D eigenvalue weighted by molar-refractivity contribution is 7.89. The summed E-state index contributed by atoms with van der Waals surface area (Å²) in [6, 6.07) is 4.46. The van der Waals surface area contributed by atoms with Crippen LogP contribution in [0, 0.1) is 12.3 Å². The first-order chi connectivity index (χ1) is 9.08. The first-order valence-electron chi connectivity index (χ1n) is 6.47. The molecule has 0 radical (unpaired) electrons. The monoisotopic (exact) mass is 319 g/mol. The number of hydrogen-bond donors (Lipinski definition) is 2. The molecule has 0 aliphatic carbocycles. The van der Waals surface area contributed by atoms with Crippen molar-refractivity contribution in [1.29, 1.82) is 0 Å². The van der Waals surface area contributed by atoms with Gasteiger partial charge in [-0.15, -0.1) is 0 Å². The Labute approximate surface area is 126 Å². The Morgan fingerprint density at radius 3 is 2.40 bits per heavy atom. The molecule has 0 aromatic heterocycles. The van der Waals surface area contributed by atoms with E-state index in [4.69, 9.17) is 16.7 Å². The third kappa shape index (κ3) is 4.45. The number of nitrogens with one attached hydrogen (secondary N) is 1. The Balaban J connectivity index is 3.10. The molecular formula is C14H22ClNO3S. The lowest BCUT2D eigenvalue weighted by Crippen LogP contribution is -2.44. The van der Waals surface area contributed by atoms with Gasteiger partial charge in [-0.25, -0.2) is 13.1 Å². The molecule has 0 saturated carbocycles. The second-order valence-electron chi connectivity index (χ2n) is 5.99. The van der Waals surface area contributed by atoms with Crippen LogP contribution in [0.1, 0.15) is 32.8 Å². The van der Waals surface area contributed by atoms with Crippen molar-refractivity contribution in [2.24, 2.45) is 5.41 Å². The van der Waals surface area contributed by atoms with E-state index in [1.54, 1.807) is 12.1 Å². The lowest BCUT2D eigenvalue weighted by atomic mass is 9.86. The van der Waals surface area contributed by atoms with E-state index in [9.17, 15) is 8.42 Å². The van der Waals surface area contributed by atoms with E-state index in [0.717, 1.165) is 5.56 Å². The standard InChI is InChI=1S/C14H22ClNO3S/c1-10-5-6-12(11(15)9-10)20(18,19)16-13(7-8-17)14(2,3)4/h5-6,9,13,16-17H,7-8H2,1-4H3. The van der Waals surface area contributed by atoms with E-state index >= 15 is 0 Å². The lowest BCUT2D eigenvalue weighted by Gasteiger charge is -2.31. The van der Waals surface area contributed by atoms with E-state index in [-0.39, 0.29) is 28.0 Å². The van der Waals surface area contributed by atoms with Gasteiger partial charge in [0.1, 0.15) is 4.90 Å². The number of halogens is 1. The molecule has 2 N–H and O–H groups in total. The zero-order chi connectivity index (χ0) is 15.6. The topological polar surface area (TPSA) is 66.4 Å². The fourth-order valence-corrected chi connectivity index (χ4v) is 3.95. The van der Waals surface area contributed by atoms with Gasteiger partial charge in [-0.1, -0.05) is 38.4 Å². The molecule has 20 heavy (non-hydrogen) atoms. The van der Waals surface area contributed by atoms with Crippen LogP contribution in [-0.4, -0.2) is 26.2 Å². The Hall–Kier alpha value is -0.620. The number of hydrogen-bond acceptors (Lipinski definition) is 3. The van der Waals surface area contributed by atoms with Gasteiger partial charge in [-0.3, -0.25) is 0 Å². The molecule has 0 saturated heterocycles. The highest BCUT2D eigenvalue weighted by Gasteiger charge is 2.30. The fourth-order valence-electron chi connectivity index (χ4n) is 1.87. The van der Waals surface area contributed by atoms with Crippen molar-refractivity contribution in [2.45, 2.75) is 45.1 Å². The highest BCUT2D eigenvalue weighted by Crippen LogP contribution is 2.26. The first kappa shape index (κ1) is 17.4. The van der Waals surface area contributed by atoms with Gasteiger partial charge in [0.2, 0.25) is 10.0 Å². The molecule has 0 heterocycles. The molecule has 1 atom stereocenters. The summed E-state index contributed by atoms with van der Waals surface area (Å²) in [4.78, 5) is 0.0666. The van der Waals surface area contributed by atoms with Crippen molar-refractivity contribution in [1.82, 2.24) is 4.72 Å². The van der Waals surface area contributed by atoms with Gasteiger partial charge in [-0.05, 0) is 36.5 Å². The number of aryl methyl sites for hydroxylation is 1. The smallest absolute Gasteiger partial charge is 0.242 e. The molecule has 0 fully saturated rings. The van der Waals surface area contributed by atoms with Gasteiger partial charge in [0.25, 0.3) is 0 Å². The molecule has 1 unspecified atom stereocenters. The van der Waals surface area contributed by atoms with Crippen LogP contribution in [0.2, 0.25) is 5.02 Å². The number of rotatable bonds is 5. The molecule has 0 aliphatic rings. The maximum absolute atomic E-state index is 12.4. The molecule has 0 spiro atoms. The van der Waals surface area contributed by atoms with Crippen LogP contribution in [-0.2, 0) is 10.0 Å². The molecule has 0 amide bonds. The summed E-state index contributed by atoms with van der Waals surface area (Å²) in [7, 11) is -3.71. The van der Waals surface area contributed by atoms with E-state index in [2.05, 4.69) is 4.72 Å². The maximum atomic E-state index is 12.4. The lowest BCUT2D eigenvalue weighted by molar-refractivity contribution is 0.214. The van der Waals surface area contributed by atoms with E-state index < -0.39 is 10.0 Å². The summed E-state index contributed by atoms with van der Waals surface area (Å²) in [5, 5.41) is 9.30. The van der Waals surface area contributed by atoms with Crippen molar-refractivity contribution < 1.29 is 13.5 Å². The van der Waals surface area contributed by atoms with Crippen LogP contribution in [0.25, 0.3) is 0 Å². The Kier molecular flexibility index (Phi) is 5.61. The van der Waals surface area contributed by atoms with Gasteiger partial charge >= 0.3 is 0 Å². The molecule has 0 bridgehead atoms. The van der Waals surface area contributed by atoms with E-state index in [0.29, 0.717) is 6.42 Å². The van der Waals surface area contributed by atoms with Crippen LogP contribution in [0.3, 0.4) is 0 Å². The second-order valence-corrected chi connectivity index (χ2v) is 8.08. The molecule has 4 nitrogen and oxygen atoms in total. The van der Waals surface area contributed by atoms with Crippen LogP contribution in [0.5, 0.6) is 0 Å². The largest absolute Gasteiger partial charge is 0.396 e. The maximum Gasteiger partial charge on any atom is 0.242 e. The van der Waals surface area contributed by atoms with Gasteiger partial charge in [0, 0.05) is 12.6 Å². The summed E-state index contributed by atoms with van der Waals surface area (Å²) in [5.41, 5.74) is 0.601. The SMILES string of the molecule is Cc1ccc(S(=O)(=O)NC(CCO)C(C)(C)C)c(Cl)c1. The molecule has 1 aromatic rings. The van der Waals surface area contributed by atoms with Crippen LogP contribution in [0.4, 0.5) is 0 Å². The average molecular weight is 320 g/mol. The van der Waals surface area contributed by atoms with Crippen molar-refractivity contribution in [2.75, 3.05) is 6.61 Å².